The number of para-hydroxylation sites is 1. The summed E-state index contributed by atoms with van der Waals surface area (Å²) in [5.41, 5.74) is 4.18. The molecule has 0 aliphatic rings. The van der Waals surface area contributed by atoms with E-state index in [9.17, 15) is 10.1 Å². The van der Waals surface area contributed by atoms with Crippen LogP contribution >= 0.6 is 23.1 Å². The SMILES string of the molecule is O=[N+]([O-])c1ccc(-c2nc(CSc3nnc(CCc4ccccc4)n3-c3ccccc3)cs2)cc1. The van der Waals surface area contributed by atoms with Crippen LogP contribution in [0.3, 0.4) is 0 Å². The topological polar surface area (TPSA) is 86.7 Å². The van der Waals surface area contributed by atoms with Gasteiger partial charge in [-0.25, -0.2) is 4.98 Å². The molecule has 7 nitrogen and oxygen atoms in total. The molecular weight excluding hydrogens is 478 g/mol. The Morgan fingerprint density at radius 2 is 1.60 bits per heavy atom. The minimum Gasteiger partial charge on any atom is -0.274 e. The van der Waals surface area contributed by atoms with E-state index in [1.165, 1.54) is 29.0 Å². The second kappa shape index (κ2) is 10.6. The molecule has 2 heterocycles. The van der Waals surface area contributed by atoms with Crippen LogP contribution < -0.4 is 0 Å². The molecule has 0 aliphatic heterocycles. The molecule has 0 bridgehead atoms. The Kier molecular flexibility index (Phi) is 6.97. The van der Waals surface area contributed by atoms with Gasteiger partial charge in [0.15, 0.2) is 5.16 Å². The van der Waals surface area contributed by atoms with Gasteiger partial charge in [-0.2, -0.15) is 0 Å². The molecule has 174 valence electrons. The Balaban J connectivity index is 1.33. The summed E-state index contributed by atoms with van der Waals surface area (Å²) in [6.45, 7) is 0. The first-order chi connectivity index (χ1) is 17.2. The number of nitro benzene ring substituents is 1. The predicted octanol–water partition coefficient (Wildman–Crippen LogP) is 6.38. The molecule has 0 saturated carbocycles. The van der Waals surface area contributed by atoms with Crippen molar-refractivity contribution in [2.24, 2.45) is 0 Å². The van der Waals surface area contributed by atoms with E-state index in [0.717, 1.165) is 45.8 Å². The van der Waals surface area contributed by atoms with Crippen molar-refractivity contribution in [3.05, 3.63) is 118 Å². The lowest BCUT2D eigenvalue weighted by Crippen LogP contribution is -2.04. The molecule has 0 radical (unpaired) electrons. The van der Waals surface area contributed by atoms with E-state index >= 15 is 0 Å². The molecule has 0 fully saturated rings. The molecule has 3 aromatic carbocycles. The van der Waals surface area contributed by atoms with E-state index in [-0.39, 0.29) is 5.69 Å². The number of benzene rings is 3. The second-order valence-electron chi connectivity index (χ2n) is 7.79. The minimum absolute atomic E-state index is 0.0735. The largest absolute Gasteiger partial charge is 0.274 e. The van der Waals surface area contributed by atoms with E-state index in [2.05, 4.69) is 51.2 Å². The number of nitro groups is 1. The third-order valence-corrected chi connectivity index (χ3v) is 7.32. The van der Waals surface area contributed by atoms with Crippen molar-refractivity contribution < 1.29 is 4.92 Å². The minimum atomic E-state index is -0.398. The lowest BCUT2D eigenvalue weighted by molar-refractivity contribution is -0.384. The fraction of sp³-hybridized carbons (Fsp3) is 0.115. The molecule has 5 aromatic rings. The number of rotatable bonds is 9. The smallest absolute Gasteiger partial charge is 0.269 e. The van der Waals surface area contributed by atoms with E-state index < -0.39 is 4.92 Å². The van der Waals surface area contributed by atoms with Crippen molar-refractivity contribution in [2.75, 3.05) is 0 Å². The first-order valence-electron chi connectivity index (χ1n) is 11.0. The van der Waals surface area contributed by atoms with Crippen LogP contribution in [0, 0.1) is 10.1 Å². The van der Waals surface area contributed by atoms with Gasteiger partial charge in [0.2, 0.25) is 0 Å². The van der Waals surface area contributed by atoms with E-state index in [4.69, 9.17) is 4.98 Å². The highest BCUT2D eigenvalue weighted by atomic mass is 32.2. The first kappa shape index (κ1) is 22.9. The van der Waals surface area contributed by atoms with E-state index in [0.29, 0.717) is 5.75 Å². The lowest BCUT2D eigenvalue weighted by atomic mass is 10.1. The standard InChI is InChI=1S/C26H21N5O2S2/c32-31(33)23-14-12-20(13-15-23)25-27-21(17-34-25)18-35-26-29-28-24(16-11-19-7-3-1-4-8-19)30(26)22-9-5-2-6-10-22/h1-10,12-15,17H,11,16,18H2. The van der Waals surface area contributed by atoms with Gasteiger partial charge >= 0.3 is 0 Å². The van der Waals surface area contributed by atoms with Gasteiger partial charge < -0.3 is 0 Å². The summed E-state index contributed by atoms with van der Waals surface area (Å²) in [6, 6.07) is 27.0. The maximum atomic E-state index is 10.9. The van der Waals surface area contributed by atoms with Gasteiger partial charge in [-0.1, -0.05) is 60.3 Å². The molecule has 0 N–H and O–H groups in total. The second-order valence-corrected chi connectivity index (χ2v) is 9.59. The number of non-ortho nitro benzene ring substituents is 1. The summed E-state index contributed by atoms with van der Waals surface area (Å²) in [5, 5.41) is 23.6. The van der Waals surface area contributed by atoms with Crippen LogP contribution in [0.5, 0.6) is 0 Å². The number of aryl methyl sites for hydroxylation is 2. The summed E-state index contributed by atoms with van der Waals surface area (Å²) < 4.78 is 2.12. The maximum Gasteiger partial charge on any atom is 0.269 e. The van der Waals surface area contributed by atoms with Crippen molar-refractivity contribution in [3.63, 3.8) is 0 Å². The predicted molar refractivity (Wildman–Crippen MR) is 139 cm³/mol. The van der Waals surface area contributed by atoms with Crippen LogP contribution in [0.4, 0.5) is 5.69 Å². The van der Waals surface area contributed by atoms with Crippen molar-refractivity contribution in [2.45, 2.75) is 23.8 Å². The number of nitrogens with zero attached hydrogens (tertiary/aromatic N) is 5. The van der Waals surface area contributed by atoms with Crippen molar-refractivity contribution in [3.8, 4) is 16.3 Å². The summed E-state index contributed by atoms with van der Waals surface area (Å²) in [7, 11) is 0. The van der Waals surface area contributed by atoms with Crippen molar-refractivity contribution in [1.82, 2.24) is 19.7 Å². The average molecular weight is 500 g/mol. The highest BCUT2D eigenvalue weighted by molar-refractivity contribution is 7.98. The summed E-state index contributed by atoms with van der Waals surface area (Å²) >= 11 is 3.12. The quantitative estimate of drug-likeness (QED) is 0.133. The monoisotopic (exact) mass is 499 g/mol. The number of hydrogen-bond acceptors (Lipinski definition) is 7. The zero-order valence-corrected chi connectivity index (χ0v) is 20.3. The Bertz CT molecular complexity index is 1420. The fourth-order valence-electron chi connectivity index (χ4n) is 3.66. The van der Waals surface area contributed by atoms with Crippen LogP contribution in [-0.4, -0.2) is 24.7 Å². The van der Waals surface area contributed by atoms with E-state index in [1.807, 2.05) is 29.6 Å². The Hall–Kier alpha value is -3.82. The number of hydrogen-bond donors (Lipinski definition) is 0. The Morgan fingerprint density at radius 3 is 2.31 bits per heavy atom. The van der Waals surface area contributed by atoms with Crippen LogP contribution in [0.15, 0.2) is 95.5 Å². The van der Waals surface area contributed by atoms with Crippen LogP contribution in [0.2, 0.25) is 0 Å². The normalized spacial score (nSPS) is 11.0. The third-order valence-electron chi connectivity index (χ3n) is 5.42. The highest BCUT2D eigenvalue weighted by Crippen LogP contribution is 2.30. The molecule has 2 aromatic heterocycles. The average Bonchev–Trinajstić information content (AvgIpc) is 3.54. The molecule has 0 amide bonds. The van der Waals surface area contributed by atoms with Gasteiger partial charge in [-0.3, -0.25) is 14.7 Å². The van der Waals surface area contributed by atoms with Crippen LogP contribution in [0.25, 0.3) is 16.3 Å². The molecule has 9 heteroatoms. The molecular formula is C26H21N5O2S2. The van der Waals surface area contributed by atoms with Gasteiger partial charge in [0.25, 0.3) is 5.69 Å². The molecule has 0 unspecified atom stereocenters. The molecule has 0 aliphatic carbocycles. The van der Waals surface area contributed by atoms with Gasteiger partial charge in [-0.05, 0) is 36.2 Å². The van der Waals surface area contributed by atoms with Gasteiger partial charge in [0.05, 0.1) is 10.6 Å². The molecule has 35 heavy (non-hydrogen) atoms. The van der Waals surface area contributed by atoms with Gasteiger partial charge in [0, 0.05) is 40.9 Å². The third kappa shape index (κ3) is 5.47. The molecule has 0 atom stereocenters. The van der Waals surface area contributed by atoms with Crippen molar-refractivity contribution >= 4 is 28.8 Å². The summed E-state index contributed by atoms with van der Waals surface area (Å²) in [4.78, 5) is 15.2. The molecule has 0 saturated heterocycles. The summed E-state index contributed by atoms with van der Waals surface area (Å²) in [6.07, 6.45) is 1.68. The first-order valence-corrected chi connectivity index (χ1v) is 12.9. The van der Waals surface area contributed by atoms with Crippen LogP contribution in [-0.2, 0) is 18.6 Å². The van der Waals surface area contributed by atoms with Crippen molar-refractivity contribution in [1.29, 1.82) is 0 Å². The molecule has 5 rings (SSSR count). The van der Waals surface area contributed by atoms with Gasteiger partial charge in [0.1, 0.15) is 10.8 Å². The maximum absolute atomic E-state index is 10.9. The number of thiazole rings is 1. The van der Waals surface area contributed by atoms with E-state index in [1.54, 1.807) is 23.9 Å². The zero-order valence-electron chi connectivity index (χ0n) is 18.7. The lowest BCUT2D eigenvalue weighted by Gasteiger charge is -2.10. The Morgan fingerprint density at radius 1 is 0.886 bits per heavy atom. The fourth-order valence-corrected chi connectivity index (χ4v) is 5.46. The zero-order chi connectivity index (χ0) is 24.0. The number of aromatic nitrogens is 4. The Labute approximate surface area is 210 Å². The molecule has 0 spiro atoms. The van der Waals surface area contributed by atoms with Crippen LogP contribution in [0.1, 0.15) is 17.1 Å². The highest BCUT2D eigenvalue weighted by Gasteiger charge is 2.16. The van der Waals surface area contributed by atoms with Gasteiger partial charge in [-0.15, -0.1) is 21.5 Å². The number of thioether (sulfide) groups is 1. The summed E-state index contributed by atoms with van der Waals surface area (Å²) in [5.74, 6) is 1.57.